The fourth-order valence-corrected chi connectivity index (χ4v) is 3.67. The molecule has 1 aliphatic heterocycles. The monoisotopic (exact) mass is 378 g/mol. The molecule has 0 N–H and O–H groups in total. The Hall–Kier alpha value is -2.46. The summed E-state index contributed by atoms with van der Waals surface area (Å²) in [5.41, 5.74) is 5.40. The maximum absolute atomic E-state index is 12.8. The van der Waals surface area contributed by atoms with E-state index in [1.54, 1.807) is 5.01 Å². The third kappa shape index (κ3) is 5.08. The summed E-state index contributed by atoms with van der Waals surface area (Å²) in [6.45, 7) is 9.50. The van der Waals surface area contributed by atoms with E-state index in [2.05, 4.69) is 45.9 Å². The van der Waals surface area contributed by atoms with E-state index in [0.717, 1.165) is 23.3 Å². The van der Waals surface area contributed by atoms with Crippen LogP contribution in [0.3, 0.4) is 0 Å². The highest BCUT2D eigenvalue weighted by Gasteiger charge is 2.38. The Morgan fingerprint density at radius 1 is 1.11 bits per heavy atom. The number of benzene rings is 2. The van der Waals surface area contributed by atoms with Crippen molar-refractivity contribution in [1.82, 2.24) is 5.01 Å². The van der Waals surface area contributed by atoms with Gasteiger partial charge in [0.15, 0.2) is 0 Å². The lowest BCUT2D eigenvalue weighted by Crippen LogP contribution is -2.40. The van der Waals surface area contributed by atoms with E-state index in [1.165, 1.54) is 11.1 Å². The van der Waals surface area contributed by atoms with Gasteiger partial charge >= 0.3 is 0 Å². The summed E-state index contributed by atoms with van der Waals surface area (Å²) in [6, 6.07) is 16.5. The van der Waals surface area contributed by atoms with Crippen molar-refractivity contribution < 1.29 is 9.53 Å². The van der Waals surface area contributed by atoms with Crippen LogP contribution in [0.25, 0.3) is 0 Å². The van der Waals surface area contributed by atoms with E-state index in [9.17, 15) is 4.79 Å². The van der Waals surface area contributed by atoms with Crippen molar-refractivity contribution in [3.05, 3.63) is 70.8 Å². The highest BCUT2D eigenvalue weighted by Crippen LogP contribution is 2.30. The van der Waals surface area contributed by atoms with Crippen molar-refractivity contribution in [3.63, 3.8) is 0 Å². The van der Waals surface area contributed by atoms with Crippen LogP contribution >= 0.6 is 0 Å². The average Bonchev–Trinajstić information content (AvgIpc) is 2.97. The second kappa shape index (κ2) is 8.70. The number of ether oxygens (including phenoxy) is 1. The molecule has 0 bridgehead atoms. The van der Waals surface area contributed by atoms with Crippen molar-refractivity contribution in [2.45, 2.75) is 59.1 Å². The van der Waals surface area contributed by atoms with Crippen LogP contribution in [0.5, 0.6) is 0 Å². The lowest BCUT2D eigenvalue weighted by atomic mass is 9.93. The zero-order valence-electron chi connectivity index (χ0n) is 17.4. The van der Waals surface area contributed by atoms with E-state index in [1.807, 2.05) is 30.3 Å². The van der Waals surface area contributed by atoms with Gasteiger partial charge in [0.1, 0.15) is 0 Å². The van der Waals surface area contributed by atoms with Crippen LogP contribution in [0.15, 0.2) is 53.6 Å². The molecule has 4 heteroatoms. The van der Waals surface area contributed by atoms with Crippen LogP contribution in [-0.2, 0) is 16.1 Å². The van der Waals surface area contributed by atoms with Gasteiger partial charge in [-0.05, 0) is 45.2 Å². The molecule has 0 radical (unpaired) electrons. The summed E-state index contributed by atoms with van der Waals surface area (Å²) in [5, 5.41) is 6.38. The van der Waals surface area contributed by atoms with Crippen LogP contribution in [0.1, 0.15) is 55.4 Å². The van der Waals surface area contributed by atoms with Crippen molar-refractivity contribution >= 4 is 11.6 Å². The van der Waals surface area contributed by atoms with Crippen molar-refractivity contribution in [2.75, 3.05) is 6.61 Å². The minimum Gasteiger partial charge on any atom is -0.377 e. The first-order valence-electron chi connectivity index (χ1n) is 9.96. The zero-order chi connectivity index (χ0) is 20.1. The van der Waals surface area contributed by atoms with Crippen LogP contribution in [0.4, 0.5) is 0 Å². The first-order chi connectivity index (χ1) is 13.3. The molecule has 0 fully saturated rings. The Morgan fingerprint density at radius 2 is 1.79 bits per heavy atom. The SMILES string of the molecule is Cc1cc(C)cc(C2=NN(C(=O)CCCOCc3ccccc3)C(C)(C)C2)c1. The number of hydrogen-bond donors (Lipinski definition) is 0. The number of rotatable bonds is 7. The highest BCUT2D eigenvalue weighted by molar-refractivity contribution is 6.03. The summed E-state index contributed by atoms with van der Waals surface area (Å²) in [5.74, 6) is 0.0627. The quantitative estimate of drug-likeness (QED) is 0.635. The first-order valence-corrected chi connectivity index (χ1v) is 9.96. The Bertz CT molecular complexity index is 836. The molecule has 28 heavy (non-hydrogen) atoms. The third-order valence-corrected chi connectivity index (χ3v) is 4.98. The fraction of sp³-hybridized carbons (Fsp3) is 0.417. The molecule has 0 aromatic heterocycles. The fourth-order valence-electron chi connectivity index (χ4n) is 3.67. The molecular formula is C24H30N2O2. The van der Waals surface area contributed by atoms with E-state index in [0.29, 0.717) is 26.1 Å². The van der Waals surface area contributed by atoms with Gasteiger partial charge in [-0.15, -0.1) is 0 Å². The normalized spacial score (nSPS) is 15.6. The largest absolute Gasteiger partial charge is 0.377 e. The molecule has 4 nitrogen and oxygen atoms in total. The molecule has 1 aliphatic rings. The topological polar surface area (TPSA) is 41.9 Å². The van der Waals surface area contributed by atoms with Gasteiger partial charge in [0, 0.05) is 19.4 Å². The van der Waals surface area contributed by atoms with Crippen molar-refractivity contribution in [3.8, 4) is 0 Å². The van der Waals surface area contributed by atoms with Crippen LogP contribution in [0.2, 0.25) is 0 Å². The van der Waals surface area contributed by atoms with Crippen LogP contribution in [-0.4, -0.2) is 28.8 Å². The Kier molecular flexibility index (Phi) is 6.30. The average molecular weight is 379 g/mol. The van der Waals surface area contributed by atoms with Crippen molar-refractivity contribution in [2.24, 2.45) is 5.10 Å². The molecule has 0 saturated heterocycles. The van der Waals surface area contributed by atoms with Gasteiger partial charge in [-0.3, -0.25) is 4.79 Å². The summed E-state index contributed by atoms with van der Waals surface area (Å²) in [4.78, 5) is 12.8. The summed E-state index contributed by atoms with van der Waals surface area (Å²) in [7, 11) is 0. The third-order valence-electron chi connectivity index (χ3n) is 4.98. The second-order valence-corrected chi connectivity index (χ2v) is 8.26. The molecule has 0 unspecified atom stereocenters. The number of amides is 1. The van der Waals surface area contributed by atoms with E-state index < -0.39 is 0 Å². The number of carbonyl (C=O) groups excluding carboxylic acids is 1. The Balaban J connectivity index is 1.55. The second-order valence-electron chi connectivity index (χ2n) is 8.26. The lowest BCUT2D eigenvalue weighted by molar-refractivity contribution is -0.135. The van der Waals surface area contributed by atoms with Gasteiger partial charge in [0.05, 0.1) is 17.9 Å². The van der Waals surface area contributed by atoms with Gasteiger partial charge in [-0.25, -0.2) is 5.01 Å². The maximum Gasteiger partial charge on any atom is 0.243 e. The highest BCUT2D eigenvalue weighted by atomic mass is 16.5. The smallest absolute Gasteiger partial charge is 0.243 e. The van der Waals surface area contributed by atoms with Crippen LogP contribution in [0, 0.1) is 13.8 Å². The molecule has 2 aromatic carbocycles. The molecule has 1 heterocycles. The first kappa shape index (κ1) is 20.3. The zero-order valence-corrected chi connectivity index (χ0v) is 17.4. The minimum absolute atomic E-state index is 0.0627. The summed E-state index contributed by atoms with van der Waals surface area (Å²) >= 11 is 0. The standard InChI is InChI=1S/C24H30N2O2/c1-18-13-19(2)15-21(14-18)22-16-24(3,4)26(25-22)23(27)11-8-12-28-17-20-9-6-5-7-10-20/h5-7,9-10,13-15H,8,11-12,16-17H2,1-4H3. The van der Waals surface area contributed by atoms with Crippen LogP contribution < -0.4 is 0 Å². The molecule has 3 rings (SSSR count). The summed E-state index contributed by atoms with van der Waals surface area (Å²) in [6.07, 6.45) is 1.92. The molecule has 148 valence electrons. The van der Waals surface area contributed by atoms with Crippen molar-refractivity contribution in [1.29, 1.82) is 0 Å². The van der Waals surface area contributed by atoms with E-state index in [-0.39, 0.29) is 11.4 Å². The number of carbonyl (C=O) groups is 1. The molecular weight excluding hydrogens is 348 g/mol. The lowest BCUT2D eigenvalue weighted by Gasteiger charge is -2.28. The van der Waals surface area contributed by atoms with Gasteiger partial charge in [0.2, 0.25) is 5.91 Å². The molecule has 0 spiro atoms. The maximum atomic E-state index is 12.8. The van der Waals surface area contributed by atoms with E-state index in [4.69, 9.17) is 9.84 Å². The molecule has 1 amide bonds. The summed E-state index contributed by atoms with van der Waals surface area (Å²) < 4.78 is 5.69. The molecule has 0 saturated carbocycles. The Morgan fingerprint density at radius 3 is 2.46 bits per heavy atom. The number of nitrogens with zero attached hydrogens (tertiary/aromatic N) is 2. The Labute approximate surface area is 168 Å². The number of aryl methyl sites for hydroxylation is 2. The van der Waals surface area contributed by atoms with Gasteiger partial charge in [-0.2, -0.15) is 5.10 Å². The number of hydrogen-bond acceptors (Lipinski definition) is 3. The molecule has 2 aromatic rings. The van der Waals surface area contributed by atoms with Gasteiger partial charge < -0.3 is 4.74 Å². The van der Waals surface area contributed by atoms with E-state index >= 15 is 0 Å². The minimum atomic E-state index is -0.297. The predicted molar refractivity (Wildman–Crippen MR) is 113 cm³/mol. The molecule has 0 atom stereocenters. The van der Waals surface area contributed by atoms with Gasteiger partial charge in [0.25, 0.3) is 0 Å². The number of hydrazone groups is 1. The van der Waals surface area contributed by atoms with Gasteiger partial charge in [-0.1, -0.05) is 59.7 Å². The molecule has 0 aliphatic carbocycles. The predicted octanol–water partition coefficient (Wildman–Crippen LogP) is 5.02.